The first-order valence-corrected chi connectivity index (χ1v) is 13.9. The molecule has 0 spiro atoms. The molecule has 0 aromatic heterocycles. The molecule has 3 rings (SSSR count). The first-order chi connectivity index (χ1) is 19.1. The first kappa shape index (κ1) is 31.4. The fourth-order valence-corrected chi connectivity index (χ4v) is 4.84. The smallest absolute Gasteiger partial charge is 0.408 e. The summed E-state index contributed by atoms with van der Waals surface area (Å²) in [4.78, 5) is 54.4. The molecule has 2 aromatic carbocycles. The van der Waals surface area contributed by atoms with Crippen molar-refractivity contribution in [2.24, 2.45) is 11.7 Å². The summed E-state index contributed by atoms with van der Waals surface area (Å²) in [6, 6.07) is 7.91. The van der Waals surface area contributed by atoms with Gasteiger partial charge < -0.3 is 31.1 Å². The molecule has 10 nitrogen and oxygen atoms in total. The monoisotopic (exact) mass is 566 g/mol. The zero-order chi connectivity index (χ0) is 30.6. The first-order valence-electron chi connectivity index (χ1n) is 13.9. The Morgan fingerprint density at radius 1 is 1.07 bits per heavy atom. The van der Waals surface area contributed by atoms with Gasteiger partial charge in [0.25, 0.3) is 5.91 Å². The van der Waals surface area contributed by atoms with Crippen LogP contribution in [0.4, 0.5) is 10.5 Å². The number of nitrogens with one attached hydrogen (secondary N) is 2. The number of alkyl carbamates (subject to hydrolysis) is 1. The summed E-state index contributed by atoms with van der Waals surface area (Å²) < 4.78 is 5.38. The van der Waals surface area contributed by atoms with E-state index in [2.05, 4.69) is 10.6 Å². The van der Waals surface area contributed by atoms with Crippen LogP contribution >= 0.6 is 0 Å². The molecular weight excluding hydrogens is 524 g/mol. The van der Waals surface area contributed by atoms with E-state index >= 15 is 0 Å². The lowest BCUT2D eigenvalue weighted by Crippen LogP contribution is -2.53. The molecule has 41 heavy (non-hydrogen) atoms. The predicted molar refractivity (Wildman–Crippen MR) is 156 cm³/mol. The molecule has 4 amide bonds. The number of phenols is 1. The highest BCUT2D eigenvalue weighted by Gasteiger charge is 2.48. The molecule has 1 aliphatic carbocycles. The second-order valence-electron chi connectivity index (χ2n) is 11.9. The van der Waals surface area contributed by atoms with Crippen LogP contribution in [-0.2, 0) is 19.1 Å². The van der Waals surface area contributed by atoms with Crippen molar-refractivity contribution >= 4 is 29.5 Å². The summed E-state index contributed by atoms with van der Waals surface area (Å²) in [7, 11) is 0. The molecule has 1 fully saturated rings. The van der Waals surface area contributed by atoms with Crippen LogP contribution in [0.1, 0.15) is 75.3 Å². The lowest BCUT2D eigenvalue weighted by atomic mass is 9.98. The number of nitrogens with two attached hydrogens (primary N) is 1. The van der Waals surface area contributed by atoms with Gasteiger partial charge in [0.2, 0.25) is 11.8 Å². The zero-order valence-corrected chi connectivity index (χ0v) is 24.9. The van der Waals surface area contributed by atoms with Gasteiger partial charge in [-0.05, 0) is 94.7 Å². The van der Waals surface area contributed by atoms with Crippen molar-refractivity contribution in [3.8, 4) is 5.75 Å². The summed E-state index contributed by atoms with van der Waals surface area (Å²) >= 11 is 0. The number of para-hydroxylation sites is 1. The highest BCUT2D eigenvalue weighted by molar-refractivity contribution is 6.00. The highest BCUT2D eigenvalue weighted by Crippen LogP contribution is 2.42. The van der Waals surface area contributed by atoms with Crippen LogP contribution in [0.5, 0.6) is 5.75 Å². The molecule has 4 atom stereocenters. The van der Waals surface area contributed by atoms with E-state index in [-0.39, 0.29) is 30.6 Å². The molecular formula is C31H42N4O6. The van der Waals surface area contributed by atoms with Crippen LogP contribution < -0.4 is 16.4 Å². The second kappa shape index (κ2) is 12.6. The average molecular weight is 567 g/mol. The maximum absolute atomic E-state index is 14.3. The SMILES string of the molecule is Cc1cc(C(C(=O)Nc2c(C)cccc2C)N(C(=O)C(CCC(N)=O)NC(=O)OC(C)(C)C)C2CC2C)ccc1O. The fourth-order valence-electron chi connectivity index (χ4n) is 4.84. The van der Waals surface area contributed by atoms with Crippen LogP contribution in [0.15, 0.2) is 36.4 Å². The quantitative estimate of drug-likeness (QED) is 0.335. The van der Waals surface area contributed by atoms with E-state index in [0.717, 1.165) is 11.1 Å². The Hall–Kier alpha value is -4.08. The molecule has 1 aliphatic rings. The van der Waals surface area contributed by atoms with E-state index in [1.54, 1.807) is 39.8 Å². The van der Waals surface area contributed by atoms with Crippen molar-refractivity contribution in [2.75, 3.05) is 5.32 Å². The largest absolute Gasteiger partial charge is 0.508 e. The summed E-state index contributed by atoms with van der Waals surface area (Å²) in [6.07, 6.45) is -0.380. The Kier molecular flexibility index (Phi) is 9.68. The minimum Gasteiger partial charge on any atom is -0.508 e. The lowest BCUT2D eigenvalue weighted by Gasteiger charge is -2.35. The van der Waals surface area contributed by atoms with Crippen LogP contribution in [-0.4, -0.2) is 51.5 Å². The Bertz CT molecular complexity index is 1300. The maximum Gasteiger partial charge on any atom is 0.408 e. The van der Waals surface area contributed by atoms with Crippen molar-refractivity contribution in [1.82, 2.24) is 10.2 Å². The number of phenolic OH excluding ortho intramolecular Hbond substituents is 1. The van der Waals surface area contributed by atoms with Gasteiger partial charge in [0.1, 0.15) is 23.4 Å². The number of carbonyl (C=O) groups excluding carboxylic acids is 4. The molecule has 10 heteroatoms. The number of aromatic hydroxyl groups is 1. The summed E-state index contributed by atoms with van der Waals surface area (Å²) in [5.74, 6) is -1.43. The summed E-state index contributed by atoms with van der Waals surface area (Å²) in [5, 5.41) is 15.8. The van der Waals surface area contributed by atoms with Crippen LogP contribution in [0.25, 0.3) is 0 Å². The number of nitrogens with zero attached hydrogens (tertiary/aromatic N) is 1. The minimum atomic E-state index is -1.17. The van der Waals surface area contributed by atoms with Gasteiger partial charge in [0, 0.05) is 18.2 Å². The Morgan fingerprint density at radius 3 is 2.20 bits per heavy atom. The number of ether oxygens (including phenoxy) is 1. The topological polar surface area (TPSA) is 151 Å². The number of primary amides is 1. The number of amides is 4. The van der Waals surface area contributed by atoms with Gasteiger partial charge in [-0.2, -0.15) is 0 Å². The van der Waals surface area contributed by atoms with Crippen molar-refractivity contribution in [3.63, 3.8) is 0 Å². The van der Waals surface area contributed by atoms with Gasteiger partial charge in [-0.3, -0.25) is 14.4 Å². The second-order valence-corrected chi connectivity index (χ2v) is 11.9. The normalized spacial score (nSPS) is 17.6. The van der Waals surface area contributed by atoms with Crippen molar-refractivity contribution in [3.05, 3.63) is 58.7 Å². The van der Waals surface area contributed by atoms with Crippen molar-refractivity contribution in [2.45, 2.75) is 91.5 Å². The molecule has 0 radical (unpaired) electrons. The summed E-state index contributed by atoms with van der Waals surface area (Å²) in [6.45, 7) is 12.6. The number of aryl methyl sites for hydroxylation is 3. The standard InChI is InChI=1S/C31H42N4O6/c1-17-9-8-10-18(2)26(17)34-28(38)27(21-11-13-24(36)20(4)15-21)35(23-16-19(23)3)29(39)22(12-14-25(32)37)33-30(40)41-31(5,6)7/h8-11,13,15,19,22-23,27,36H,12,14,16H2,1-7H3,(H2,32,37)(H,33,40)(H,34,38). The molecule has 0 saturated heterocycles. The number of carbonyl (C=O) groups is 4. The molecule has 0 aliphatic heterocycles. The van der Waals surface area contributed by atoms with Gasteiger partial charge in [0.05, 0.1) is 0 Å². The molecule has 4 unspecified atom stereocenters. The predicted octanol–water partition coefficient (Wildman–Crippen LogP) is 4.39. The van der Waals surface area contributed by atoms with Crippen LogP contribution in [0, 0.1) is 26.7 Å². The van der Waals surface area contributed by atoms with Gasteiger partial charge in [-0.15, -0.1) is 0 Å². The fraction of sp³-hybridized carbons (Fsp3) is 0.484. The number of hydrogen-bond acceptors (Lipinski definition) is 6. The van der Waals surface area contributed by atoms with Crippen molar-refractivity contribution in [1.29, 1.82) is 0 Å². The molecule has 222 valence electrons. The van der Waals surface area contributed by atoms with Gasteiger partial charge in [0.15, 0.2) is 0 Å². The molecule has 2 aromatic rings. The van der Waals surface area contributed by atoms with E-state index in [9.17, 15) is 24.3 Å². The Morgan fingerprint density at radius 2 is 1.68 bits per heavy atom. The third kappa shape index (κ3) is 8.22. The number of rotatable bonds is 10. The van der Waals surface area contributed by atoms with E-state index in [4.69, 9.17) is 10.5 Å². The van der Waals surface area contributed by atoms with Gasteiger partial charge in [-0.25, -0.2) is 4.79 Å². The van der Waals surface area contributed by atoms with E-state index in [1.807, 2.05) is 39.0 Å². The van der Waals surface area contributed by atoms with Crippen LogP contribution in [0.2, 0.25) is 0 Å². The van der Waals surface area contributed by atoms with E-state index < -0.39 is 41.5 Å². The number of hydrogen-bond donors (Lipinski definition) is 4. The molecule has 0 bridgehead atoms. The van der Waals surface area contributed by atoms with E-state index in [0.29, 0.717) is 23.2 Å². The minimum absolute atomic E-state index is 0.0613. The number of benzene rings is 2. The van der Waals surface area contributed by atoms with Crippen molar-refractivity contribution < 1.29 is 29.0 Å². The average Bonchev–Trinajstić information content (AvgIpc) is 3.58. The Labute approximate surface area is 241 Å². The molecule has 0 heterocycles. The third-order valence-corrected chi connectivity index (χ3v) is 7.14. The third-order valence-electron chi connectivity index (χ3n) is 7.14. The van der Waals surface area contributed by atoms with Gasteiger partial charge in [-0.1, -0.05) is 31.2 Å². The molecule has 5 N–H and O–H groups in total. The Balaban J connectivity index is 2.08. The van der Waals surface area contributed by atoms with Gasteiger partial charge >= 0.3 is 6.09 Å². The molecule has 1 saturated carbocycles. The van der Waals surface area contributed by atoms with E-state index in [1.165, 1.54) is 11.0 Å². The zero-order valence-electron chi connectivity index (χ0n) is 24.9. The summed E-state index contributed by atoms with van der Waals surface area (Å²) in [5.41, 5.74) is 7.99. The maximum atomic E-state index is 14.3. The van der Waals surface area contributed by atoms with Crippen LogP contribution in [0.3, 0.4) is 0 Å². The highest BCUT2D eigenvalue weighted by atomic mass is 16.6. The number of anilines is 1. The lowest BCUT2D eigenvalue weighted by molar-refractivity contribution is -0.142.